The maximum atomic E-state index is 12.7. The normalized spacial score (nSPS) is 21.7. The summed E-state index contributed by atoms with van der Waals surface area (Å²) in [6, 6.07) is 7.70. The molecule has 3 rings (SSSR count). The van der Waals surface area contributed by atoms with Crippen LogP contribution in [0, 0.1) is 5.92 Å². The lowest BCUT2D eigenvalue weighted by Crippen LogP contribution is -2.49. The van der Waals surface area contributed by atoms with Gasteiger partial charge in [-0.2, -0.15) is 0 Å². The highest BCUT2D eigenvalue weighted by Gasteiger charge is 2.33. The van der Waals surface area contributed by atoms with Crippen LogP contribution < -0.4 is 4.74 Å². The first kappa shape index (κ1) is 16.8. The van der Waals surface area contributed by atoms with Crippen LogP contribution in [0.15, 0.2) is 24.3 Å². The number of ether oxygens (including phenoxy) is 2. The molecule has 2 saturated heterocycles. The molecule has 0 N–H and O–H groups in total. The van der Waals surface area contributed by atoms with Crippen LogP contribution in [0.1, 0.15) is 18.4 Å². The van der Waals surface area contributed by atoms with E-state index in [1.54, 1.807) is 12.0 Å². The Morgan fingerprint density at radius 1 is 1.33 bits per heavy atom. The third kappa shape index (κ3) is 3.87. The largest absolute Gasteiger partial charge is 0.497 e. The highest BCUT2D eigenvalue weighted by molar-refractivity contribution is 5.84. The van der Waals surface area contributed by atoms with E-state index in [2.05, 4.69) is 0 Å². The van der Waals surface area contributed by atoms with Gasteiger partial charge in [-0.1, -0.05) is 12.1 Å². The Morgan fingerprint density at radius 2 is 2.12 bits per heavy atom. The number of nitrogens with zero attached hydrogens (tertiary/aromatic N) is 2. The van der Waals surface area contributed by atoms with E-state index in [1.165, 1.54) is 0 Å². The van der Waals surface area contributed by atoms with Crippen molar-refractivity contribution < 1.29 is 19.1 Å². The number of hydrogen-bond acceptors (Lipinski definition) is 4. The number of carbonyl (C=O) groups is 2. The predicted octanol–water partition coefficient (Wildman–Crippen LogP) is 1.29. The standard InChI is InChI=1S/C18H24N2O4/c1-23-16-4-2-3-14(11-16)12-20-13-15(5-6-17(20)21)18(22)19-7-9-24-10-8-19/h2-4,11,15H,5-10,12-13H2,1H3/t15-/m1/s1. The number of rotatable bonds is 4. The average Bonchev–Trinajstić information content (AvgIpc) is 2.64. The Balaban J connectivity index is 1.64. The molecular formula is C18H24N2O4. The number of morpholine rings is 1. The van der Waals surface area contributed by atoms with Crippen molar-refractivity contribution in [3.63, 3.8) is 0 Å². The van der Waals surface area contributed by atoms with E-state index in [0.29, 0.717) is 52.2 Å². The Morgan fingerprint density at radius 3 is 2.88 bits per heavy atom. The molecule has 1 aromatic carbocycles. The maximum absolute atomic E-state index is 12.7. The molecule has 2 amide bonds. The summed E-state index contributed by atoms with van der Waals surface area (Å²) in [5, 5.41) is 0. The van der Waals surface area contributed by atoms with E-state index in [9.17, 15) is 9.59 Å². The first-order chi connectivity index (χ1) is 11.7. The van der Waals surface area contributed by atoms with Gasteiger partial charge in [0.2, 0.25) is 11.8 Å². The van der Waals surface area contributed by atoms with Gasteiger partial charge >= 0.3 is 0 Å². The fourth-order valence-electron chi connectivity index (χ4n) is 3.30. The topological polar surface area (TPSA) is 59.1 Å². The van der Waals surface area contributed by atoms with Crippen molar-refractivity contribution in [2.45, 2.75) is 19.4 Å². The Bertz CT molecular complexity index is 598. The van der Waals surface area contributed by atoms with Gasteiger partial charge in [0.05, 0.1) is 26.2 Å². The van der Waals surface area contributed by atoms with Crippen molar-refractivity contribution in [1.29, 1.82) is 0 Å². The molecule has 130 valence electrons. The fraction of sp³-hybridized carbons (Fsp3) is 0.556. The summed E-state index contributed by atoms with van der Waals surface area (Å²) in [5.41, 5.74) is 1.02. The van der Waals surface area contributed by atoms with Crippen molar-refractivity contribution in [1.82, 2.24) is 9.80 Å². The molecule has 0 saturated carbocycles. The molecule has 1 aromatic rings. The minimum absolute atomic E-state index is 0.105. The number of carbonyl (C=O) groups excluding carboxylic acids is 2. The number of hydrogen-bond donors (Lipinski definition) is 0. The monoisotopic (exact) mass is 332 g/mol. The van der Waals surface area contributed by atoms with Crippen molar-refractivity contribution >= 4 is 11.8 Å². The third-order valence-corrected chi connectivity index (χ3v) is 4.68. The molecule has 6 nitrogen and oxygen atoms in total. The molecule has 24 heavy (non-hydrogen) atoms. The number of benzene rings is 1. The first-order valence-electron chi connectivity index (χ1n) is 8.44. The number of amides is 2. The highest BCUT2D eigenvalue weighted by Crippen LogP contribution is 2.23. The molecule has 2 aliphatic heterocycles. The van der Waals surface area contributed by atoms with Gasteiger partial charge < -0.3 is 19.3 Å². The Hall–Kier alpha value is -2.08. The Labute approximate surface area is 142 Å². The van der Waals surface area contributed by atoms with Gasteiger partial charge in [-0.15, -0.1) is 0 Å². The van der Waals surface area contributed by atoms with Crippen molar-refractivity contribution in [2.24, 2.45) is 5.92 Å². The molecule has 0 unspecified atom stereocenters. The third-order valence-electron chi connectivity index (χ3n) is 4.68. The molecule has 2 aliphatic rings. The second kappa shape index (κ2) is 7.66. The molecular weight excluding hydrogens is 308 g/mol. The summed E-state index contributed by atoms with van der Waals surface area (Å²) in [5.74, 6) is 0.939. The van der Waals surface area contributed by atoms with Gasteiger partial charge in [0.1, 0.15) is 5.75 Å². The quantitative estimate of drug-likeness (QED) is 0.834. The minimum Gasteiger partial charge on any atom is -0.497 e. The van der Waals surface area contributed by atoms with E-state index >= 15 is 0 Å². The molecule has 0 spiro atoms. The fourth-order valence-corrected chi connectivity index (χ4v) is 3.30. The van der Waals surface area contributed by atoms with Gasteiger partial charge in [0.25, 0.3) is 0 Å². The molecule has 6 heteroatoms. The summed E-state index contributed by atoms with van der Waals surface area (Å²) >= 11 is 0. The van der Waals surface area contributed by atoms with E-state index in [4.69, 9.17) is 9.47 Å². The molecule has 2 fully saturated rings. The van der Waals surface area contributed by atoms with Gasteiger partial charge in [-0.25, -0.2) is 0 Å². The summed E-state index contributed by atoms with van der Waals surface area (Å²) in [6.45, 7) is 3.52. The number of piperidine rings is 1. The van der Waals surface area contributed by atoms with Crippen LogP contribution in [0.4, 0.5) is 0 Å². The average molecular weight is 332 g/mol. The van der Waals surface area contributed by atoms with Crippen LogP contribution in [0.3, 0.4) is 0 Å². The van der Waals surface area contributed by atoms with Crippen LogP contribution in [0.25, 0.3) is 0 Å². The lowest BCUT2D eigenvalue weighted by Gasteiger charge is -2.36. The zero-order valence-electron chi connectivity index (χ0n) is 14.1. The predicted molar refractivity (Wildman–Crippen MR) is 88.5 cm³/mol. The second-order valence-corrected chi connectivity index (χ2v) is 6.30. The molecule has 0 aromatic heterocycles. The lowest BCUT2D eigenvalue weighted by molar-refractivity contribution is -0.146. The maximum Gasteiger partial charge on any atom is 0.227 e. The van der Waals surface area contributed by atoms with Gasteiger partial charge in [-0.3, -0.25) is 9.59 Å². The van der Waals surface area contributed by atoms with Gasteiger partial charge in [-0.05, 0) is 24.1 Å². The molecule has 0 radical (unpaired) electrons. The number of methoxy groups -OCH3 is 1. The molecule has 1 atom stereocenters. The lowest BCUT2D eigenvalue weighted by atomic mass is 9.95. The van der Waals surface area contributed by atoms with E-state index in [-0.39, 0.29) is 17.7 Å². The summed E-state index contributed by atoms with van der Waals surface area (Å²) in [4.78, 5) is 28.6. The number of likely N-dealkylation sites (tertiary alicyclic amines) is 1. The SMILES string of the molecule is COc1cccc(CN2C[C@H](C(=O)N3CCOCC3)CCC2=O)c1. The molecule has 0 bridgehead atoms. The van der Waals surface area contributed by atoms with Crippen LogP contribution in [0.2, 0.25) is 0 Å². The summed E-state index contributed by atoms with van der Waals surface area (Å²) in [6.07, 6.45) is 1.08. The van der Waals surface area contributed by atoms with E-state index in [0.717, 1.165) is 11.3 Å². The second-order valence-electron chi connectivity index (χ2n) is 6.30. The minimum atomic E-state index is -0.105. The molecule has 0 aliphatic carbocycles. The van der Waals surface area contributed by atoms with E-state index < -0.39 is 0 Å². The van der Waals surface area contributed by atoms with Crippen molar-refractivity contribution in [2.75, 3.05) is 40.0 Å². The molecule has 2 heterocycles. The first-order valence-corrected chi connectivity index (χ1v) is 8.44. The van der Waals surface area contributed by atoms with Crippen LogP contribution in [0.5, 0.6) is 5.75 Å². The summed E-state index contributed by atoms with van der Waals surface area (Å²) < 4.78 is 10.5. The Kier molecular flexibility index (Phi) is 5.35. The van der Waals surface area contributed by atoms with Crippen LogP contribution in [-0.4, -0.2) is 61.6 Å². The smallest absolute Gasteiger partial charge is 0.227 e. The summed E-state index contributed by atoms with van der Waals surface area (Å²) in [7, 11) is 1.63. The van der Waals surface area contributed by atoms with Gasteiger partial charge in [0.15, 0.2) is 0 Å². The van der Waals surface area contributed by atoms with Crippen molar-refractivity contribution in [3.8, 4) is 5.75 Å². The zero-order chi connectivity index (χ0) is 16.9. The van der Waals surface area contributed by atoms with Crippen LogP contribution in [-0.2, 0) is 20.9 Å². The highest BCUT2D eigenvalue weighted by atomic mass is 16.5. The van der Waals surface area contributed by atoms with Gasteiger partial charge in [0, 0.05) is 32.6 Å². The van der Waals surface area contributed by atoms with Crippen LogP contribution >= 0.6 is 0 Å². The van der Waals surface area contributed by atoms with Crippen molar-refractivity contribution in [3.05, 3.63) is 29.8 Å². The van der Waals surface area contributed by atoms with E-state index in [1.807, 2.05) is 29.2 Å². The zero-order valence-corrected chi connectivity index (χ0v) is 14.1.